The summed E-state index contributed by atoms with van der Waals surface area (Å²) < 4.78 is 40.9. The molecular weight excluding hydrogens is 489 g/mol. The van der Waals surface area contributed by atoms with Gasteiger partial charge in [0.1, 0.15) is 6.33 Å². The van der Waals surface area contributed by atoms with Gasteiger partial charge in [-0.15, -0.1) is 11.3 Å². The number of carbonyl (C=O) groups is 1. The number of piperazine rings is 1. The lowest BCUT2D eigenvalue weighted by atomic mass is 10.0. The third-order valence-corrected chi connectivity index (χ3v) is 7.70. The number of hydrogen-bond donors (Lipinski definition) is 1. The predicted molar refractivity (Wildman–Crippen MR) is 133 cm³/mol. The molecule has 0 unspecified atom stereocenters. The van der Waals surface area contributed by atoms with Crippen molar-refractivity contribution >= 4 is 28.6 Å². The fourth-order valence-corrected chi connectivity index (χ4v) is 5.77. The first kappa shape index (κ1) is 24.7. The van der Waals surface area contributed by atoms with Crippen LogP contribution in [0.5, 0.6) is 0 Å². The minimum absolute atomic E-state index is 0.165. The lowest BCUT2D eigenvalue weighted by Crippen LogP contribution is -2.43. The number of anilines is 2. The Bertz CT molecular complexity index is 1220. The van der Waals surface area contributed by atoms with E-state index in [9.17, 15) is 18.0 Å². The summed E-state index contributed by atoms with van der Waals surface area (Å²) in [6, 6.07) is 3.85. The summed E-state index contributed by atoms with van der Waals surface area (Å²) in [5.74, 6) is -0.381. The maximum atomic E-state index is 13.6. The Hall–Kier alpha value is -3.02. The SMILES string of the molecule is CN1CCN(Cc2cc(NC(=O)c3csc4c3CCN(c3cncnc3)C4)cc(C(F)(F)F)c2)CC1. The van der Waals surface area contributed by atoms with E-state index in [1.165, 1.54) is 23.7 Å². The Kier molecular flexibility index (Phi) is 6.96. The lowest BCUT2D eigenvalue weighted by Gasteiger charge is -2.32. The third-order valence-electron chi connectivity index (χ3n) is 6.68. The number of fused-ring (bicyclic) bond motifs is 1. The maximum absolute atomic E-state index is 13.6. The van der Waals surface area contributed by atoms with Gasteiger partial charge in [-0.05, 0) is 42.8 Å². The van der Waals surface area contributed by atoms with Crippen molar-refractivity contribution in [3.05, 3.63) is 69.4 Å². The number of nitrogens with one attached hydrogen (secondary N) is 1. The number of alkyl halides is 3. The number of amides is 1. The minimum atomic E-state index is -4.50. The number of benzene rings is 1. The lowest BCUT2D eigenvalue weighted by molar-refractivity contribution is -0.137. The van der Waals surface area contributed by atoms with Crippen LogP contribution in [0.1, 0.15) is 31.9 Å². The molecule has 2 aliphatic heterocycles. The van der Waals surface area contributed by atoms with Gasteiger partial charge in [0.15, 0.2) is 0 Å². The van der Waals surface area contributed by atoms with E-state index in [1.807, 2.05) is 7.05 Å². The smallest absolute Gasteiger partial charge is 0.364 e. The van der Waals surface area contributed by atoms with Gasteiger partial charge < -0.3 is 15.1 Å². The number of halogens is 3. The van der Waals surface area contributed by atoms with Crippen LogP contribution < -0.4 is 10.2 Å². The molecule has 3 aromatic rings. The molecule has 0 bridgehead atoms. The first-order valence-corrected chi connectivity index (χ1v) is 12.7. The Balaban J connectivity index is 1.33. The van der Waals surface area contributed by atoms with Crippen LogP contribution >= 0.6 is 11.3 Å². The summed E-state index contributed by atoms with van der Waals surface area (Å²) in [6.07, 6.45) is 1.16. The molecular formula is C25H27F3N6OS. The monoisotopic (exact) mass is 516 g/mol. The van der Waals surface area contributed by atoms with Crippen LogP contribution in [0.25, 0.3) is 0 Å². The number of aromatic nitrogens is 2. The third kappa shape index (κ3) is 5.53. The summed E-state index contributed by atoms with van der Waals surface area (Å²) in [4.78, 5) is 28.9. The Morgan fingerprint density at radius 3 is 2.56 bits per heavy atom. The van der Waals surface area contributed by atoms with Gasteiger partial charge in [-0.1, -0.05) is 0 Å². The molecule has 0 radical (unpaired) electrons. The molecule has 190 valence electrons. The molecule has 1 saturated heterocycles. The van der Waals surface area contributed by atoms with Gasteiger partial charge in [0.2, 0.25) is 0 Å². The van der Waals surface area contributed by atoms with Crippen molar-refractivity contribution in [3.8, 4) is 0 Å². The van der Waals surface area contributed by atoms with E-state index in [1.54, 1.807) is 23.8 Å². The average molecular weight is 517 g/mol. The number of rotatable bonds is 5. The molecule has 7 nitrogen and oxygen atoms in total. The molecule has 5 rings (SSSR count). The Morgan fingerprint density at radius 2 is 1.83 bits per heavy atom. The van der Waals surface area contributed by atoms with Gasteiger partial charge in [-0.25, -0.2) is 9.97 Å². The molecule has 36 heavy (non-hydrogen) atoms. The standard InChI is InChI=1S/C25H27F3N6OS/c1-32-4-6-33(7-5-32)13-17-8-18(25(26,27)28)10-19(9-17)31-24(35)22-15-36-23-14-34(3-2-21(22)23)20-11-29-16-30-12-20/h8-12,15-16H,2-7,13-14H2,1H3,(H,31,35). The van der Waals surface area contributed by atoms with E-state index in [4.69, 9.17) is 0 Å². The summed E-state index contributed by atoms with van der Waals surface area (Å²) in [5, 5.41) is 4.54. The first-order valence-electron chi connectivity index (χ1n) is 11.8. The van der Waals surface area contributed by atoms with Crippen molar-refractivity contribution in [1.82, 2.24) is 19.8 Å². The van der Waals surface area contributed by atoms with Gasteiger partial charge in [-0.3, -0.25) is 9.69 Å². The minimum Gasteiger partial charge on any atom is -0.364 e. The molecule has 2 aromatic heterocycles. The average Bonchev–Trinajstić information content (AvgIpc) is 3.29. The van der Waals surface area contributed by atoms with Crippen molar-refractivity contribution in [3.63, 3.8) is 0 Å². The Morgan fingerprint density at radius 1 is 1.08 bits per heavy atom. The molecule has 1 N–H and O–H groups in total. The van der Waals surface area contributed by atoms with Crippen LogP contribution in [0.4, 0.5) is 24.5 Å². The van der Waals surface area contributed by atoms with Crippen LogP contribution in [-0.2, 0) is 25.7 Å². The van der Waals surface area contributed by atoms with Gasteiger partial charge in [0.25, 0.3) is 5.91 Å². The zero-order valence-electron chi connectivity index (χ0n) is 19.9. The van der Waals surface area contributed by atoms with Crippen LogP contribution in [0, 0.1) is 0 Å². The predicted octanol–water partition coefficient (Wildman–Crippen LogP) is 4.12. The van der Waals surface area contributed by atoms with Gasteiger partial charge >= 0.3 is 6.18 Å². The molecule has 1 fully saturated rings. The summed E-state index contributed by atoms with van der Waals surface area (Å²) in [7, 11) is 2.03. The topological polar surface area (TPSA) is 64.6 Å². The highest BCUT2D eigenvalue weighted by Gasteiger charge is 2.32. The number of nitrogens with zero attached hydrogens (tertiary/aromatic N) is 5. The van der Waals surface area contributed by atoms with Crippen molar-refractivity contribution in [2.45, 2.75) is 25.7 Å². The van der Waals surface area contributed by atoms with E-state index in [0.717, 1.165) is 48.4 Å². The van der Waals surface area contributed by atoms with Crippen LogP contribution in [0.2, 0.25) is 0 Å². The largest absolute Gasteiger partial charge is 0.416 e. The van der Waals surface area contributed by atoms with Crippen LogP contribution in [-0.4, -0.2) is 65.4 Å². The van der Waals surface area contributed by atoms with E-state index in [0.29, 0.717) is 37.2 Å². The molecule has 0 aliphatic carbocycles. The summed E-state index contributed by atoms with van der Waals surface area (Å²) >= 11 is 1.49. The van der Waals surface area contributed by atoms with E-state index < -0.39 is 11.7 Å². The van der Waals surface area contributed by atoms with E-state index in [2.05, 4.69) is 30.0 Å². The number of thiophene rings is 1. The number of likely N-dealkylation sites (N-methyl/N-ethyl adjacent to an activating group) is 1. The molecule has 4 heterocycles. The molecule has 0 spiro atoms. The second kappa shape index (κ2) is 10.2. The Labute approximate surface area is 211 Å². The second-order valence-electron chi connectivity index (χ2n) is 9.27. The summed E-state index contributed by atoms with van der Waals surface area (Å²) in [5.41, 5.74) is 2.35. The second-order valence-corrected chi connectivity index (χ2v) is 10.2. The van der Waals surface area contributed by atoms with Crippen molar-refractivity contribution in [2.24, 2.45) is 0 Å². The van der Waals surface area contributed by atoms with Crippen LogP contribution in [0.3, 0.4) is 0 Å². The normalized spacial score (nSPS) is 17.2. The molecule has 1 amide bonds. The number of carbonyl (C=O) groups excluding carboxylic acids is 1. The summed E-state index contributed by atoms with van der Waals surface area (Å²) in [6.45, 7) is 5.09. The highest BCUT2D eigenvalue weighted by atomic mass is 32.1. The van der Waals surface area contributed by atoms with Crippen LogP contribution in [0.15, 0.2) is 42.3 Å². The fourth-order valence-electron chi connectivity index (χ4n) is 4.68. The quantitative estimate of drug-likeness (QED) is 0.551. The van der Waals surface area contributed by atoms with Gasteiger partial charge in [0, 0.05) is 55.2 Å². The zero-order valence-corrected chi connectivity index (χ0v) is 20.7. The number of hydrogen-bond acceptors (Lipinski definition) is 7. The molecule has 1 aromatic carbocycles. The first-order chi connectivity index (χ1) is 17.3. The van der Waals surface area contributed by atoms with Crippen molar-refractivity contribution in [2.75, 3.05) is 50.0 Å². The highest BCUT2D eigenvalue weighted by Crippen LogP contribution is 2.34. The highest BCUT2D eigenvalue weighted by molar-refractivity contribution is 7.10. The van der Waals surface area contributed by atoms with Crippen molar-refractivity contribution in [1.29, 1.82) is 0 Å². The van der Waals surface area contributed by atoms with Gasteiger partial charge in [0.05, 0.1) is 35.8 Å². The maximum Gasteiger partial charge on any atom is 0.416 e. The zero-order chi connectivity index (χ0) is 25.3. The van der Waals surface area contributed by atoms with E-state index >= 15 is 0 Å². The molecule has 11 heteroatoms. The molecule has 2 aliphatic rings. The van der Waals surface area contributed by atoms with Crippen molar-refractivity contribution < 1.29 is 18.0 Å². The molecule has 0 saturated carbocycles. The molecule has 0 atom stereocenters. The fraction of sp³-hybridized carbons (Fsp3) is 0.400. The van der Waals surface area contributed by atoms with Gasteiger partial charge in [-0.2, -0.15) is 13.2 Å². The van der Waals surface area contributed by atoms with E-state index in [-0.39, 0.29) is 11.6 Å².